The van der Waals surface area contributed by atoms with Gasteiger partial charge in [-0.1, -0.05) is 0 Å². The number of hydrogen-bond donors (Lipinski definition) is 2. The largest absolute Gasteiger partial charge is 0.497 e. The number of methoxy groups -OCH3 is 2. The van der Waals surface area contributed by atoms with Crippen LogP contribution in [0.15, 0.2) is 53.4 Å². The fraction of sp³-hybridized carbons (Fsp3) is 0.273. The Balaban J connectivity index is 1.62. The van der Waals surface area contributed by atoms with E-state index in [1.165, 1.54) is 0 Å². The van der Waals surface area contributed by atoms with Crippen LogP contribution in [-0.2, 0) is 16.4 Å². The first kappa shape index (κ1) is 22.4. The van der Waals surface area contributed by atoms with Crippen LogP contribution in [0, 0.1) is 13.8 Å². The molecule has 3 rings (SSSR count). The molecule has 2 N–H and O–H groups in total. The van der Waals surface area contributed by atoms with Crippen molar-refractivity contribution >= 4 is 21.7 Å². The predicted octanol–water partition coefficient (Wildman–Crippen LogP) is 3.57. The topological polar surface area (TPSA) is 102 Å². The fourth-order valence-electron chi connectivity index (χ4n) is 3.06. The van der Waals surface area contributed by atoms with Crippen LogP contribution in [0.4, 0.5) is 11.6 Å². The standard InChI is InChI=1S/C22H26N4O4S/c1-15-11-16(2)25-22(24-15)26-31(27,28)21-7-5-18(6-8-21)23-10-9-17-12-19(29-3)14-20(13-17)30-4/h5-8,11-14,23H,9-10H2,1-4H3,(H,24,25,26). The number of sulfonamides is 1. The van der Waals surface area contributed by atoms with Crippen molar-refractivity contribution in [1.29, 1.82) is 0 Å². The van der Waals surface area contributed by atoms with Crippen LogP contribution in [0.5, 0.6) is 11.5 Å². The minimum absolute atomic E-state index is 0.0634. The summed E-state index contributed by atoms with van der Waals surface area (Å²) in [6.07, 6.45) is 0.749. The third-order valence-electron chi connectivity index (χ3n) is 4.53. The molecule has 0 saturated heterocycles. The summed E-state index contributed by atoms with van der Waals surface area (Å²) in [6.45, 7) is 4.24. The van der Waals surface area contributed by atoms with Crippen LogP contribution in [0.2, 0.25) is 0 Å². The van der Waals surface area contributed by atoms with Crippen LogP contribution >= 0.6 is 0 Å². The molecule has 1 heterocycles. The minimum atomic E-state index is -3.77. The summed E-state index contributed by atoms with van der Waals surface area (Å²) in [7, 11) is -0.536. The molecule has 31 heavy (non-hydrogen) atoms. The number of nitrogens with one attached hydrogen (secondary N) is 2. The number of rotatable bonds is 9. The second-order valence-electron chi connectivity index (χ2n) is 7.00. The first-order valence-electron chi connectivity index (χ1n) is 9.70. The number of aromatic nitrogens is 2. The van der Waals surface area contributed by atoms with Gasteiger partial charge in [0.2, 0.25) is 5.95 Å². The molecule has 0 radical (unpaired) electrons. The highest BCUT2D eigenvalue weighted by molar-refractivity contribution is 7.92. The maximum absolute atomic E-state index is 12.6. The van der Waals surface area contributed by atoms with E-state index in [1.807, 2.05) is 18.2 Å². The highest BCUT2D eigenvalue weighted by Gasteiger charge is 2.16. The van der Waals surface area contributed by atoms with Gasteiger partial charge >= 0.3 is 0 Å². The average molecular weight is 443 g/mol. The number of ether oxygens (including phenoxy) is 2. The molecule has 0 aliphatic rings. The molecule has 0 bridgehead atoms. The molecule has 1 aromatic heterocycles. The lowest BCUT2D eigenvalue weighted by Gasteiger charge is -2.11. The van der Waals surface area contributed by atoms with E-state index < -0.39 is 10.0 Å². The first-order valence-corrected chi connectivity index (χ1v) is 11.2. The summed E-state index contributed by atoms with van der Waals surface area (Å²) in [4.78, 5) is 8.39. The van der Waals surface area contributed by atoms with E-state index in [2.05, 4.69) is 20.0 Å². The maximum Gasteiger partial charge on any atom is 0.264 e. The molecule has 0 fully saturated rings. The Morgan fingerprint density at radius 3 is 2.00 bits per heavy atom. The van der Waals surface area contributed by atoms with Gasteiger partial charge in [-0.3, -0.25) is 0 Å². The van der Waals surface area contributed by atoms with Crippen LogP contribution in [0.25, 0.3) is 0 Å². The van der Waals surface area contributed by atoms with Crippen molar-refractivity contribution < 1.29 is 17.9 Å². The Bertz CT molecular complexity index is 1110. The van der Waals surface area contributed by atoms with E-state index >= 15 is 0 Å². The van der Waals surface area contributed by atoms with Crippen molar-refractivity contribution in [3.05, 3.63) is 65.5 Å². The van der Waals surface area contributed by atoms with Crippen LogP contribution < -0.4 is 19.5 Å². The highest BCUT2D eigenvalue weighted by Crippen LogP contribution is 2.23. The Morgan fingerprint density at radius 1 is 0.871 bits per heavy atom. The quantitative estimate of drug-likeness (QED) is 0.522. The lowest BCUT2D eigenvalue weighted by Crippen LogP contribution is -2.15. The third-order valence-corrected chi connectivity index (χ3v) is 5.87. The van der Waals surface area contributed by atoms with E-state index in [1.54, 1.807) is 58.4 Å². The molecule has 3 aromatic rings. The van der Waals surface area contributed by atoms with Crippen molar-refractivity contribution in [3.63, 3.8) is 0 Å². The molecule has 9 heteroatoms. The SMILES string of the molecule is COc1cc(CCNc2ccc(S(=O)(=O)Nc3nc(C)cc(C)n3)cc2)cc(OC)c1. The van der Waals surface area contributed by atoms with Gasteiger partial charge in [0.25, 0.3) is 10.0 Å². The molecule has 0 aliphatic carbocycles. The zero-order valence-corrected chi connectivity index (χ0v) is 18.8. The molecule has 0 unspecified atom stereocenters. The number of aryl methyl sites for hydroxylation is 2. The van der Waals surface area contributed by atoms with E-state index in [0.717, 1.165) is 29.2 Å². The number of hydrogen-bond acceptors (Lipinski definition) is 7. The first-order chi connectivity index (χ1) is 14.8. The number of anilines is 2. The van der Waals surface area contributed by atoms with Gasteiger partial charge in [-0.05, 0) is 68.3 Å². The smallest absolute Gasteiger partial charge is 0.264 e. The van der Waals surface area contributed by atoms with Crippen molar-refractivity contribution in [3.8, 4) is 11.5 Å². The van der Waals surface area contributed by atoms with Gasteiger partial charge in [0, 0.05) is 29.7 Å². The predicted molar refractivity (Wildman–Crippen MR) is 120 cm³/mol. The molecule has 0 amide bonds. The minimum Gasteiger partial charge on any atom is -0.497 e. The van der Waals surface area contributed by atoms with Crippen LogP contribution in [0.3, 0.4) is 0 Å². The van der Waals surface area contributed by atoms with Crippen molar-refractivity contribution in [1.82, 2.24) is 9.97 Å². The Kier molecular flexibility index (Phi) is 6.96. The highest BCUT2D eigenvalue weighted by atomic mass is 32.2. The summed E-state index contributed by atoms with van der Waals surface area (Å²) >= 11 is 0. The fourth-order valence-corrected chi connectivity index (χ4v) is 4.01. The molecule has 0 saturated carbocycles. The summed E-state index contributed by atoms with van der Waals surface area (Å²) in [5.41, 5.74) is 3.27. The molecule has 0 spiro atoms. The van der Waals surface area contributed by atoms with Gasteiger partial charge < -0.3 is 14.8 Å². The second kappa shape index (κ2) is 9.65. The molecule has 0 atom stereocenters. The van der Waals surface area contributed by atoms with Crippen LogP contribution in [-0.4, -0.2) is 39.2 Å². The molecule has 8 nitrogen and oxygen atoms in total. The average Bonchev–Trinajstić information content (AvgIpc) is 2.72. The number of benzene rings is 2. The van der Waals surface area contributed by atoms with Gasteiger partial charge in [-0.15, -0.1) is 0 Å². The monoisotopic (exact) mass is 442 g/mol. The maximum atomic E-state index is 12.6. The van der Waals surface area contributed by atoms with Crippen LogP contribution in [0.1, 0.15) is 17.0 Å². The van der Waals surface area contributed by atoms with Gasteiger partial charge in [0.1, 0.15) is 11.5 Å². The van der Waals surface area contributed by atoms with Gasteiger partial charge in [-0.2, -0.15) is 0 Å². The molecular formula is C22H26N4O4S. The second-order valence-corrected chi connectivity index (χ2v) is 8.68. The zero-order valence-electron chi connectivity index (χ0n) is 18.0. The lowest BCUT2D eigenvalue weighted by atomic mass is 10.1. The molecular weight excluding hydrogens is 416 g/mol. The van der Waals surface area contributed by atoms with E-state index in [9.17, 15) is 8.42 Å². The Hall–Kier alpha value is -3.33. The van der Waals surface area contributed by atoms with Crippen molar-refractivity contribution in [2.24, 2.45) is 0 Å². The summed E-state index contributed by atoms with van der Waals surface area (Å²) < 4.78 is 38.2. The normalized spacial score (nSPS) is 11.1. The molecule has 164 valence electrons. The van der Waals surface area contributed by atoms with Gasteiger partial charge in [-0.25, -0.2) is 23.1 Å². The molecule has 2 aromatic carbocycles. The van der Waals surface area contributed by atoms with Gasteiger partial charge in [0.05, 0.1) is 19.1 Å². The number of nitrogens with zero attached hydrogens (tertiary/aromatic N) is 2. The molecule has 0 aliphatic heterocycles. The van der Waals surface area contributed by atoms with Gasteiger partial charge in [0.15, 0.2) is 0 Å². The van der Waals surface area contributed by atoms with Crippen molar-refractivity contribution in [2.45, 2.75) is 25.2 Å². The lowest BCUT2D eigenvalue weighted by molar-refractivity contribution is 0.393. The van der Waals surface area contributed by atoms with E-state index in [0.29, 0.717) is 17.9 Å². The Labute approximate surface area is 182 Å². The Morgan fingerprint density at radius 2 is 1.45 bits per heavy atom. The van der Waals surface area contributed by atoms with E-state index in [4.69, 9.17) is 9.47 Å². The summed E-state index contributed by atoms with van der Waals surface area (Å²) in [5, 5.41) is 3.29. The summed E-state index contributed by atoms with van der Waals surface area (Å²) in [6, 6.07) is 14.1. The zero-order chi connectivity index (χ0) is 22.4. The van der Waals surface area contributed by atoms with Crippen molar-refractivity contribution in [2.75, 3.05) is 30.8 Å². The van der Waals surface area contributed by atoms with E-state index in [-0.39, 0.29) is 10.8 Å². The third kappa shape index (κ3) is 6.08. The summed E-state index contributed by atoms with van der Waals surface area (Å²) in [5.74, 6) is 1.54.